The van der Waals surface area contributed by atoms with E-state index in [1.54, 1.807) is 13.8 Å². The molecule has 0 aromatic carbocycles. The van der Waals surface area contributed by atoms with E-state index >= 15 is 0 Å². The molecule has 8 rings (SSSR count). The molecule has 116 heavy (non-hydrogen) atoms. The molecule has 8 aliphatic rings. The van der Waals surface area contributed by atoms with Crippen LogP contribution in [0.5, 0.6) is 0 Å². The third-order valence-electron chi connectivity index (χ3n) is 23.9. The molecule has 0 amide bonds. The van der Waals surface area contributed by atoms with Crippen LogP contribution in [0.2, 0.25) is 0 Å². The number of ether oxygens (including phenoxy) is 17. The Morgan fingerprint density at radius 3 is 1.41 bits per heavy atom. The van der Waals surface area contributed by atoms with E-state index in [0.717, 1.165) is 154 Å². The van der Waals surface area contributed by atoms with Gasteiger partial charge in [-0.3, -0.25) is 33.6 Å². The molecule has 0 aromatic heterocycles. The van der Waals surface area contributed by atoms with E-state index in [1.165, 1.54) is 28.3 Å². The summed E-state index contributed by atoms with van der Waals surface area (Å²) >= 11 is 0. The second-order valence-corrected chi connectivity index (χ2v) is 34.3. The number of carbonyl (C=O) groups is 7. The molecule has 0 saturated carbocycles. The van der Waals surface area contributed by atoms with Crippen LogP contribution in [0.15, 0.2) is 0 Å². The van der Waals surface area contributed by atoms with Crippen molar-refractivity contribution in [2.45, 2.75) is 453 Å². The molecular weight excluding hydrogens is 1500 g/mol. The average Bonchev–Trinajstić information content (AvgIpc) is 1.90. The summed E-state index contributed by atoms with van der Waals surface area (Å²) in [5.74, 6) is -0.958. The SMILES string of the molecule is CCC1CC(C(CC(=O)OC)OC(C)=O)C(CC)O1.CCC1CC(C(CC(=O)OC)OC2CCCCO2)C(CC)O1.CCC1CC(C)(C(=O)OC2CCCCO2)C(CC)O1.CCC1CC(CC(C)(O)CC(=O)OC(C)(C)C)C(CC)O1.CCC1CC(CC(O)CC(=O)OC)C(CC)O1.CCOC(C)OC(=O)C1C(CC)OC(CC)C1C. The van der Waals surface area contributed by atoms with Crippen LogP contribution < -0.4 is 0 Å². The summed E-state index contributed by atoms with van der Waals surface area (Å²) in [6, 6.07) is 0. The Kier molecular flexibility index (Phi) is 50.3. The maximum absolute atomic E-state index is 12.5. The molecule has 8 saturated heterocycles. The molecule has 2 N–H and O–H groups in total. The summed E-state index contributed by atoms with van der Waals surface area (Å²) in [6.07, 6.45) is 23.1. The number of hydrogen-bond acceptors (Lipinski definition) is 26. The van der Waals surface area contributed by atoms with Gasteiger partial charge in [0.2, 0.25) is 6.29 Å². The van der Waals surface area contributed by atoms with Gasteiger partial charge in [-0.2, -0.15) is 0 Å². The standard InChI is InChI=1S/C17H30O5.C17H32O4.C15H26O4.C14H24O5.C14H26O4.C13H24O4/c1-4-12-10-13(14(5-2)21-12)15(11-16(18)19-3)22-17-8-6-7-9-20-17;1-7-13-9-12(14(8-2)20-13)10-17(6,19)11-15(18)21-16(3,4)5;1-4-11-10-15(3,12(5-2)18-11)14(16)19-13-8-6-7-9-17-13;1-5-10-7-11(12(6-2)19-10)13(18-9(3)15)8-14(16)17-4;1-6-11-9(4)13(12(7-2)18-11)14(15)17-10(5)16-8-3;1-4-11-7-9(12(5-2)17-11)6-10(14)8-13(15)16-3/h12-15,17H,4-11H2,1-3H3;12-14,19H,7-11H2,1-6H3;11-13H,4-10H2,1-3H3;10-13H,5-8H2,1-4H3;9-13H,6-8H2,1-5H3;9-12,14H,4-8H2,1-3H3. The average molecular weight is 1660 g/mol. The van der Waals surface area contributed by atoms with Gasteiger partial charge in [-0.15, -0.1) is 0 Å². The zero-order valence-corrected chi connectivity index (χ0v) is 76.2. The molecular formula is C90H162O26. The third-order valence-corrected chi connectivity index (χ3v) is 23.9. The minimum absolute atomic E-state index is 0.0220. The van der Waals surface area contributed by atoms with Gasteiger partial charge in [0.25, 0.3) is 0 Å². The lowest BCUT2D eigenvalue weighted by molar-refractivity contribution is -0.205. The smallest absolute Gasteiger partial charge is 0.316 e. The Morgan fingerprint density at radius 2 is 0.966 bits per heavy atom. The fourth-order valence-corrected chi connectivity index (χ4v) is 17.6. The zero-order chi connectivity index (χ0) is 87.0. The van der Waals surface area contributed by atoms with Crippen LogP contribution in [0.1, 0.15) is 332 Å². The van der Waals surface area contributed by atoms with Crippen molar-refractivity contribution in [2.75, 3.05) is 41.2 Å². The molecule has 0 radical (unpaired) electrons. The number of rotatable bonds is 35. The molecule has 0 bridgehead atoms. The van der Waals surface area contributed by atoms with E-state index in [0.29, 0.717) is 44.0 Å². The van der Waals surface area contributed by atoms with Crippen LogP contribution in [0.3, 0.4) is 0 Å². The van der Waals surface area contributed by atoms with Crippen LogP contribution >= 0.6 is 0 Å². The third kappa shape index (κ3) is 36.5. The maximum Gasteiger partial charge on any atom is 0.316 e. The molecule has 0 aliphatic carbocycles. The maximum atomic E-state index is 12.5. The van der Waals surface area contributed by atoms with E-state index in [2.05, 4.69) is 85.6 Å². The van der Waals surface area contributed by atoms with Crippen molar-refractivity contribution in [3.63, 3.8) is 0 Å². The van der Waals surface area contributed by atoms with Crippen LogP contribution in [-0.2, 0) is 114 Å². The normalized spacial score (nSPS) is 32.3. The van der Waals surface area contributed by atoms with Gasteiger partial charge in [0, 0.05) is 38.4 Å². The van der Waals surface area contributed by atoms with Gasteiger partial charge in [0.15, 0.2) is 12.6 Å². The van der Waals surface area contributed by atoms with Crippen molar-refractivity contribution in [1.82, 2.24) is 0 Å². The molecule has 26 nitrogen and oxygen atoms in total. The van der Waals surface area contributed by atoms with Crippen LogP contribution in [0.25, 0.3) is 0 Å². The van der Waals surface area contributed by atoms with Crippen molar-refractivity contribution >= 4 is 41.8 Å². The molecule has 8 fully saturated rings. The summed E-state index contributed by atoms with van der Waals surface area (Å²) in [4.78, 5) is 82.1. The topological polar surface area (TPSA) is 317 Å². The predicted octanol–water partition coefficient (Wildman–Crippen LogP) is 16.3. The van der Waals surface area contributed by atoms with E-state index < -0.39 is 35.1 Å². The van der Waals surface area contributed by atoms with Crippen LogP contribution in [0.4, 0.5) is 0 Å². The molecule has 678 valence electrons. The number of methoxy groups -OCH3 is 3. The molecule has 26 atom stereocenters. The Morgan fingerprint density at radius 1 is 0.509 bits per heavy atom. The second-order valence-electron chi connectivity index (χ2n) is 34.3. The lowest BCUT2D eigenvalue weighted by Crippen LogP contribution is -2.40. The quantitative estimate of drug-likeness (QED) is 0.0338. The first-order chi connectivity index (χ1) is 55.0. The highest BCUT2D eigenvalue weighted by Gasteiger charge is 2.52. The van der Waals surface area contributed by atoms with E-state index in [-0.39, 0.29) is 177 Å². The summed E-state index contributed by atoms with van der Waals surface area (Å²) in [5.41, 5.74) is -2.06. The molecule has 0 spiro atoms. The van der Waals surface area contributed by atoms with E-state index in [1.807, 2.05) is 48.5 Å². The summed E-state index contributed by atoms with van der Waals surface area (Å²) in [6.45, 7) is 43.4. The number of hydrogen-bond donors (Lipinski definition) is 2. The lowest BCUT2D eigenvalue weighted by Gasteiger charge is -2.32. The predicted molar refractivity (Wildman–Crippen MR) is 440 cm³/mol. The minimum Gasteiger partial charge on any atom is -0.469 e. The van der Waals surface area contributed by atoms with Gasteiger partial charge in [0.1, 0.15) is 11.7 Å². The zero-order valence-electron chi connectivity index (χ0n) is 76.2. The van der Waals surface area contributed by atoms with E-state index in [4.69, 9.17) is 71.1 Å². The molecule has 0 aromatic rings. The van der Waals surface area contributed by atoms with Crippen LogP contribution in [0, 0.1) is 40.9 Å². The second kappa shape index (κ2) is 55.0. The Hall–Kier alpha value is -4.19. The van der Waals surface area contributed by atoms with Gasteiger partial charge < -0.3 is 90.7 Å². The Labute approximate surface area is 698 Å². The number of esters is 7. The summed E-state index contributed by atoms with van der Waals surface area (Å²) < 4.78 is 93.9. The Balaban J connectivity index is 0.000000361. The largest absolute Gasteiger partial charge is 0.469 e. The summed E-state index contributed by atoms with van der Waals surface area (Å²) in [7, 11) is 4.11. The van der Waals surface area contributed by atoms with Gasteiger partial charge in [-0.05, 0) is 220 Å². The first-order valence-corrected chi connectivity index (χ1v) is 44.8. The first kappa shape index (κ1) is 106. The number of carbonyl (C=O) groups excluding carboxylic acids is 7. The van der Waals surface area contributed by atoms with Crippen molar-refractivity contribution in [2.24, 2.45) is 40.9 Å². The van der Waals surface area contributed by atoms with Gasteiger partial charge in [0.05, 0.1) is 156 Å². The van der Waals surface area contributed by atoms with Gasteiger partial charge in [-0.1, -0.05) is 90.0 Å². The number of aliphatic hydroxyl groups excluding tert-OH is 1. The van der Waals surface area contributed by atoms with Crippen molar-refractivity contribution in [3.8, 4) is 0 Å². The molecule has 8 aliphatic heterocycles. The fraction of sp³-hybridized carbons (Fsp3) is 0.922. The molecule has 26 unspecified atom stereocenters. The van der Waals surface area contributed by atoms with Crippen molar-refractivity contribution in [1.29, 1.82) is 0 Å². The fourth-order valence-electron chi connectivity index (χ4n) is 17.6. The van der Waals surface area contributed by atoms with Crippen LogP contribution in [-0.4, -0.2) is 215 Å². The first-order valence-electron chi connectivity index (χ1n) is 44.8. The lowest BCUT2D eigenvalue weighted by atomic mass is 9.80. The number of aliphatic hydroxyl groups is 2. The van der Waals surface area contributed by atoms with Gasteiger partial charge in [-0.25, -0.2) is 0 Å². The minimum atomic E-state index is -1.04. The summed E-state index contributed by atoms with van der Waals surface area (Å²) in [5, 5.41) is 20.4. The van der Waals surface area contributed by atoms with Crippen molar-refractivity contribution < 1.29 is 124 Å². The van der Waals surface area contributed by atoms with Crippen molar-refractivity contribution in [3.05, 3.63) is 0 Å². The van der Waals surface area contributed by atoms with E-state index in [9.17, 15) is 43.8 Å². The van der Waals surface area contributed by atoms with Gasteiger partial charge >= 0.3 is 41.8 Å². The molecule has 26 heteroatoms. The highest BCUT2D eigenvalue weighted by molar-refractivity contribution is 5.78. The highest BCUT2D eigenvalue weighted by atomic mass is 16.7. The Bertz CT molecular complexity index is 2750. The highest BCUT2D eigenvalue weighted by Crippen LogP contribution is 2.44. The monoisotopic (exact) mass is 1660 g/mol. The molecule has 8 heterocycles.